The van der Waals surface area contributed by atoms with Crippen LogP contribution < -0.4 is 16.0 Å². The van der Waals surface area contributed by atoms with E-state index in [1.165, 1.54) is 0 Å². The van der Waals surface area contributed by atoms with E-state index in [9.17, 15) is 4.79 Å². The molecule has 1 aromatic heterocycles. The molecule has 1 amide bonds. The first-order valence-electron chi connectivity index (χ1n) is 5.26. The van der Waals surface area contributed by atoms with E-state index in [4.69, 9.17) is 5.73 Å². The molecule has 0 aliphatic rings. The Morgan fingerprint density at radius 1 is 1.62 bits per heavy atom. The van der Waals surface area contributed by atoms with Crippen molar-refractivity contribution in [3.63, 3.8) is 0 Å². The number of amides is 1. The molecule has 0 saturated carbocycles. The number of nitrogens with zero attached hydrogens (tertiary/aromatic N) is 2. The van der Waals surface area contributed by atoms with Crippen molar-refractivity contribution < 1.29 is 4.79 Å². The lowest BCUT2D eigenvalue weighted by Gasteiger charge is -2.22. The quantitative estimate of drug-likeness (QED) is 0.780. The number of nitrogens with two attached hydrogens (primary N) is 1. The Hall–Kier alpha value is -1.78. The summed E-state index contributed by atoms with van der Waals surface area (Å²) in [6.45, 7) is 4.85. The molecule has 0 aliphatic carbocycles. The van der Waals surface area contributed by atoms with Gasteiger partial charge < -0.3 is 16.0 Å². The minimum Gasteiger partial charge on any atom is -0.396 e. The minimum absolute atomic E-state index is 0.0522. The van der Waals surface area contributed by atoms with Crippen LogP contribution >= 0.6 is 0 Å². The predicted molar refractivity (Wildman–Crippen MR) is 65.3 cm³/mol. The summed E-state index contributed by atoms with van der Waals surface area (Å²) in [7, 11) is 1.61. The Bertz CT molecular complexity index is 378. The summed E-state index contributed by atoms with van der Waals surface area (Å²) in [6, 6.07) is 1.86. The van der Waals surface area contributed by atoms with Crippen LogP contribution in [-0.4, -0.2) is 31.0 Å². The van der Waals surface area contributed by atoms with Crippen LogP contribution in [0.5, 0.6) is 0 Å². The molecule has 1 heterocycles. The van der Waals surface area contributed by atoms with Crippen LogP contribution in [0.25, 0.3) is 0 Å². The Labute approximate surface area is 95.7 Å². The van der Waals surface area contributed by atoms with Crippen molar-refractivity contribution in [2.75, 3.05) is 30.8 Å². The van der Waals surface area contributed by atoms with E-state index in [1.54, 1.807) is 13.2 Å². The molecular weight excluding hydrogens is 204 g/mol. The molecule has 5 nitrogen and oxygen atoms in total. The van der Waals surface area contributed by atoms with Crippen molar-refractivity contribution in [1.82, 2.24) is 10.3 Å². The number of nitrogen functional groups attached to an aromatic ring is 1. The average molecular weight is 222 g/mol. The van der Waals surface area contributed by atoms with Crippen LogP contribution in [0.4, 0.5) is 11.5 Å². The van der Waals surface area contributed by atoms with Gasteiger partial charge in [-0.25, -0.2) is 4.98 Å². The van der Waals surface area contributed by atoms with Gasteiger partial charge in [0.2, 0.25) is 5.91 Å². The maximum Gasteiger partial charge on any atom is 0.239 e. The smallest absolute Gasteiger partial charge is 0.239 e. The second kappa shape index (κ2) is 5.34. The number of aryl methyl sites for hydroxylation is 1. The van der Waals surface area contributed by atoms with Gasteiger partial charge in [0.25, 0.3) is 0 Å². The van der Waals surface area contributed by atoms with Gasteiger partial charge in [-0.3, -0.25) is 4.79 Å². The molecule has 5 heteroatoms. The third-order valence-corrected chi connectivity index (χ3v) is 2.33. The highest BCUT2D eigenvalue weighted by Gasteiger charge is 2.12. The second-order valence-electron chi connectivity index (χ2n) is 3.61. The van der Waals surface area contributed by atoms with Gasteiger partial charge in [0.05, 0.1) is 12.2 Å². The Balaban J connectivity index is 2.90. The summed E-state index contributed by atoms with van der Waals surface area (Å²) in [6.07, 6.45) is 1.75. The van der Waals surface area contributed by atoms with Gasteiger partial charge >= 0.3 is 0 Å². The lowest BCUT2D eigenvalue weighted by atomic mass is 10.2. The van der Waals surface area contributed by atoms with Gasteiger partial charge in [-0.1, -0.05) is 0 Å². The van der Waals surface area contributed by atoms with E-state index in [0.29, 0.717) is 18.1 Å². The Morgan fingerprint density at radius 3 is 2.81 bits per heavy atom. The number of aromatic nitrogens is 1. The molecular formula is C11H18N4O. The number of hydrogen-bond donors (Lipinski definition) is 2. The fourth-order valence-electron chi connectivity index (χ4n) is 1.44. The molecule has 0 radical (unpaired) electrons. The van der Waals surface area contributed by atoms with Gasteiger partial charge in [0.15, 0.2) is 5.82 Å². The fraction of sp³-hybridized carbons (Fsp3) is 0.455. The van der Waals surface area contributed by atoms with Gasteiger partial charge in [-0.05, 0) is 25.5 Å². The van der Waals surface area contributed by atoms with Crippen molar-refractivity contribution in [3.05, 3.63) is 17.8 Å². The molecule has 0 aromatic carbocycles. The van der Waals surface area contributed by atoms with Gasteiger partial charge in [0.1, 0.15) is 0 Å². The molecule has 0 aliphatic heterocycles. The van der Waals surface area contributed by atoms with Gasteiger partial charge in [-0.15, -0.1) is 0 Å². The standard InChI is InChI=1S/C11H18N4O/c1-4-15(7-10(16)13-3)11-9(12)5-8(2)6-14-11/h5-6H,4,7,12H2,1-3H3,(H,13,16). The number of anilines is 2. The molecule has 0 saturated heterocycles. The lowest BCUT2D eigenvalue weighted by molar-refractivity contribution is -0.119. The van der Waals surface area contributed by atoms with Gasteiger partial charge in [0, 0.05) is 19.8 Å². The third-order valence-electron chi connectivity index (χ3n) is 2.33. The zero-order valence-electron chi connectivity index (χ0n) is 9.95. The first-order valence-corrected chi connectivity index (χ1v) is 5.26. The van der Waals surface area contributed by atoms with Crippen LogP contribution in [0.3, 0.4) is 0 Å². The van der Waals surface area contributed by atoms with E-state index in [2.05, 4.69) is 10.3 Å². The van der Waals surface area contributed by atoms with Crippen LogP contribution in [0.15, 0.2) is 12.3 Å². The highest BCUT2D eigenvalue weighted by Crippen LogP contribution is 2.20. The number of carbonyl (C=O) groups excluding carboxylic acids is 1. The molecule has 0 fully saturated rings. The summed E-state index contributed by atoms with van der Waals surface area (Å²) in [5, 5.41) is 2.58. The normalized spacial score (nSPS) is 9.94. The van der Waals surface area contributed by atoms with E-state index in [1.807, 2.05) is 24.8 Å². The average Bonchev–Trinajstić information content (AvgIpc) is 2.26. The summed E-state index contributed by atoms with van der Waals surface area (Å²) in [4.78, 5) is 17.4. The summed E-state index contributed by atoms with van der Waals surface area (Å²) in [5.74, 6) is 0.611. The topological polar surface area (TPSA) is 71.2 Å². The zero-order chi connectivity index (χ0) is 12.1. The molecule has 0 atom stereocenters. The largest absolute Gasteiger partial charge is 0.396 e. The molecule has 1 rings (SSSR count). The molecule has 88 valence electrons. The van der Waals surface area contributed by atoms with E-state index >= 15 is 0 Å². The molecule has 16 heavy (non-hydrogen) atoms. The predicted octanol–water partition coefficient (Wildman–Crippen LogP) is 0.545. The molecule has 1 aromatic rings. The van der Waals surface area contributed by atoms with Crippen LogP contribution in [0.2, 0.25) is 0 Å². The number of carbonyl (C=O) groups is 1. The van der Waals surface area contributed by atoms with Crippen molar-refractivity contribution >= 4 is 17.4 Å². The number of hydrogen-bond acceptors (Lipinski definition) is 4. The molecule has 0 unspecified atom stereocenters. The zero-order valence-corrected chi connectivity index (χ0v) is 9.95. The van der Waals surface area contributed by atoms with Crippen LogP contribution in [-0.2, 0) is 4.79 Å². The Morgan fingerprint density at radius 2 is 2.31 bits per heavy atom. The maximum atomic E-state index is 11.3. The minimum atomic E-state index is -0.0522. The summed E-state index contributed by atoms with van der Waals surface area (Å²) in [5.41, 5.74) is 7.49. The van der Waals surface area contributed by atoms with E-state index in [0.717, 1.165) is 5.56 Å². The van der Waals surface area contributed by atoms with Crippen molar-refractivity contribution in [2.24, 2.45) is 0 Å². The van der Waals surface area contributed by atoms with Crippen molar-refractivity contribution in [2.45, 2.75) is 13.8 Å². The first kappa shape index (κ1) is 12.3. The molecule has 3 N–H and O–H groups in total. The molecule has 0 spiro atoms. The number of pyridine rings is 1. The maximum absolute atomic E-state index is 11.3. The van der Waals surface area contributed by atoms with Crippen LogP contribution in [0.1, 0.15) is 12.5 Å². The van der Waals surface area contributed by atoms with Gasteiger partial charge in [-0.2, -0.15) is 0 Å². The first-order chi connectivity index (χ1) is 7.58. The number of nitrogens with one attached hydrogen (secondary N) is 1. The third kappa shape index (κ3) is 2.85. The van der Waals surface area contributed by atoms with E-state index < -0.39 is 0 Å². The fourth-order valence-corrected chi connectivity index (χ4v) is 1.44. The van der Waals surface area contributed by atoms with E-state index in [-0.39, 0.29) is 12.5 Å². The second-order valence-corrected chi connectivity index (χ2v) is 3.61. The monoisotopic (exact) mass is 222 g/mol. The van der Waals surface area contributed by atoms with Crippen molar-refractivity contribution in [1.29, 1.82) is 0 Å². The number of rotatable bonds is 4. The van der Waals surface area contributed by atoms with Crippen LogP contribution in [0, 0.1) is 6.92 Å². The lowest BCUT2D eigenvalue weighted by Crippen LogP contribution is -2.36. The number of likely N-dealkylation sites (N-methyl/N-ethyl adjacent to an activating group) is 2. The van der Waals surface area contributed by atoms with Crippen molar-refractivity contribution in [3.8, 4) is 0 Å². The SMILES string of the molecule is CCN(CC(=O)NC)c1ncc(C)cc1N. The summed E-state index contributed by atoms with van der Waals surface area (Å²) >= 11 is 0. The summed E-state index contributed by atoms with van der Waals surface area (Å²) < 4.78 is 0. The highest BCUT2D eigenvalue weighted by atomic mass is 16.1. The Kier molecular flexibility index (Phi) is 4.10. The molecule has 0 bridgehead atoms. The highest BCUT2D eigenvalue weighted by molar-refractivity contribution is 5.82.